The third-order valence-electron chi connectivity index (χ3n) is 8.03. The Morgan fingerprint density at radius 2 is 1.23 bits per heavy atom. The third kappa shape index (κ3) is 19.9. The van der Waals surface area contributed by atoms with Gasteiger partial charge in [-0.1, -0.05) is 84.0 Å². The van der Waals surface area contributed by atoms with Gasteiger partial charge in [0.2, 0.25) is 0 Å². The quantitative estimate of drug-likeness (QED) is 0.0389. The number of rotatable bonds is 30. The van der Waals surface area contributed by atoms with Crippen molar-refractivity contribution in [1.82, 2.24) is 4.90 Å². The van der Waals surface area contributed by atoms with Crippen LogP contribution < -0.4 is 21.5 Å². The molecule has 44 heavy (non-hydrogen) atoms. The predicted octanol–water partition coefficient (Wildman–Crippen LogP) is 7.77. The Morgan fingerprint density at radius 3 is 1.84 bits per heavy atom. The molecule has 0 aromatic heterocycles. The molecule has 1 aromatic rings. The molecule has 0 fully saturated rings. The van der Waals surface area contributed by atoms with E-state index in [9.17, 15) is 19.2 Å². The lowest BCUT2D eigenvalue weighted by Gasteiger charge is -2.25. The molecule has 0 saturated heterocycles. The molecule has 0 heterocycles. The fraction of sp³-hybridized carbons (Fsp3) is 0.833. The van der Waals surface area contributed by atoms with Gasteiger partial charge in [-0.05, 0) is 78.9 Å². The zero-order valence-corrected chi connectivity index (χ0v) is 28.7. The Labute approximate surface area is 268 Å². The number of unbranched alkanes of at least 4 members (excludes halogenated alkanes) is 15. The van der Waals surface area contributed by atoms with Crippen LogP contribution in [0.3, 0.4) is 0 Å². The Morgan fingerprint density at radius 1 is 0.705 bits per heavy atom. The van der Waals surface area contributed by atoms with Gasteiger partial charge < -0.3 is 25.1 Å². The molecule has 0 spiro atoms. The van der Waals surface area contributed by atoms with Gasteiger partial charge in [0.25, 0.3) is 10.9 Å². The molecule has 8 nitrogen and oxygen atoms in total. The highest BCUT2D eigenvalue weighted by atomic mass is 16.5. The van der Waals surface area contributed by atoms with Crippen LogP contribution in [0, 0.1) is 0 Å². The van der Waals surface area contributed by atoms with Gasteiger partial charge in [-0.15, -0.1) is 0 Å². The standard InChI is InChI=1S/C36H65N3O5/c1-5-6-7-8-11-17-22-30-44-31(41)24-18-13-12-15-20-27-39(26-19-14-9-10-16-21-29-40)28-23-25-37-32-33(35(43)34(32)42)38-36(2,3)4/h29,37-38H,5-28,30H2,1-4H3. The number of nitrogens with zero attached hydrogens (tertiary/aromatic N) is 1. The van der Waals surface area contributed by atoms with Gasteiger partial charge in [0, 0.05) is 24.9 Å². The van der Waals surface area contributed by atoms with E-state index >= 15 is 0 Å². The molecule has 0 amide bonds. The monoisotopic (exact) mass is 619 g/mol. The van der Waals surface area contributed by atoms with E-state index < -0.39 is 10.9 Å². The number of esters is 1. The van der Waals surface area contributed by atoms with E-state index in [1.807, 2.05) is 20.8 Å². The van der Waals surface area contributed by atoms with Crippen LogP contribution in [0.1, 0.15) is 156 Å². The molecule has 254 valence electrons. The average Bonchev–Trinajstić information content (AvgIpc) is 2.99. The van der Waals surface area contributed by atoms with Gasteiger partial charge in [-0.3, -0.25) is 14.4 Å². The van der Waals surface area contributed by atoms with Crippen molar-refractivity contribution >= 4 is 23.6 Å². The van der Waals surface area contributed by atoms with Crippen molar-refractivity contribution < 1.29 is 14.3 Å². The topological polar surface area (TPSA) is 105 Å². The Bertz CT molecular complexity index is 949. The summed E-state index contributed by atoms with van der Waals surface area (Å²) in [5.41, 5.74) is -0.301. The number of aldehydes is 1. The van der Waals surface area contributed by atoms with Crippen LogP contribution in [0.25, 0.3) is 0 Å². The minimum atomic E-state index is -0.433. The summed E-state index contributed by atoms with van der Waals surface area (Å²) in [5, 5.41) is 6.36. The smallest absolute Gasteiger partial charge is 0.305 e. The summed E-state index contributed by atoms with van der Waals surface area (Å²) in [6, 6.07) is 0. The number of ether oxygens (including phenoxy) is 1. The number of nitrogens with one attached hydrogen (secondary N) is 2. The number of carbonyl (C=O) groups excluding carboxylic acids is 2. The van der Waals surface area contributed by atoms with E-state index in [2.05, 4.69) is 22.5 Å². The van der Waals surface area contributed by atoms with Gasteiger partial charge in [-0.25, -0.2) is 0 Å². The zero-order valence-electron chi connectivity index (χ0n) is 28.7. The normalized spacial score (nSPS) is 11.8. The van der Waals surface area contributed by atoms with Crippen LogP contribution in [-0.2, 0) is 14.3 Å². The van der Waals surface area contributed by atoms with E-state index in [0.717, 1.165) is 96.5 Å². The summed E-state index contributed by atoms with van der Waals surface area (Å²) in [4.78, 5) is 49.1. The molecular formula is C36H65N3O5. The molecule has 0 bridgehead atoms. The Kier molecular flexibility index (Phi) is 22.6. The van der Waals surface area contributed by atoms with Crippen molar-refractivity contribution in [3.05, 3.63) is 20.4 Å². The van der Waals surface area contributed by atoms with E-state index in [-0.39, 0.29) is 11.5 Å². The number of carbonyl (C=O) groups is 2. The maximum atomic E-state index is 12.1. The molecule has 0 aliphatic heterocycles. The first-order valence-corrected chi connectivity index (χ1v) is 17.9. The molecule has 8 heteroatoms. The van der Waals surface area contributed by atoms with Crippen LogP contribution in [0.4, 0.5) is 11.4 Å². The minimum Gasteiger partial charge on any atom is -0.466 e. The lowest BCUT2D eigenvalue weighted by molar-refractivity contribution is -0.143. The Hall–Kier alpha value is -2.22. The van der Waals surface area contributed by atoms with Gasteiger partial charge in [-0.2, -0.15) is 0 Å². The molecule has 0 radical (unpaired) electrons. The lowest BCUT2D eigenvalue weighted by Crippen LogP contribution is -2.42. The van der Waals surface area contributed by atoms with Gasteiger partial charge in [0.05, 0.1) is 6.61 Å². The minimum absolute atomic E-state index is 0.0491. The predicted molar refractivity (Wildman–Crippen MR) is 185 cm³/mol. The number of hydrogen-bond acceptors (Lipinski definition) is 8. The van der Waals surface area contributed by atoms with Crippen LogP contribution in [0.15, 0.2) is 9.59 Å². The second-order valence-corrected chi connectivity index (χ2v) is 13.5. The SMILES string of the molecule is CCCCCCCCCOC(=O)CCCCCCCN(CCCCCCCC=O)CCCNc1c(NC(C)(C)C)c(=O)c1=O. The molecule has 0 aliphatic carbocycles. The molecule has 0 unspecified atom stereocenters. The summed E-state index contributed by atoms with van der Waals surface area (Å²) in [5.74, 6) is -0.0491. The number of hydrogen-bond donors (Lipinski definition) is 2. The van der Waals surface area contributed by atoms with Crippen molar-refractivity contribution in [2.75, 3.05) is 43.4 Å². The molecule has 0 aliphatic rings. The molecular weight excluding hydrogens is 554 g/mol. The van der Waals surface area contributed by atoms with Gasteiger partial charge in [0.15, 0.2) is 0 Å². The maximum absolute atomic E-state index is 12.1. The summed E-state index contributed by atoms with van der Waals surface area (Å²) < 4.78 is 5.41. The van der Waals surface area contributed by atoms with Crippen molar-refractivity contribution in [2.24, 2.45) is 0 Å². The first-order chi connectivity index (χ1) is 21.2. The molecule has 1 rings (SSSR count). The molecule has 1 aromatic carbocycles. The average molecular weight is 620 g/mol. The summed E-state index contributed by atoms with van der Waals surface area (Å²) in [6.07, 6.45) is 22.6. The summed E-state index contributed by atoms with van der Waals surface area (Å²) in [6.45, 7) is 12.4. The molecule has 0 saturated carbocycles. The van der Waals surface area contributed by atoms with Crippen LogP contribution in [0.5, 0.6) is 0 Å². The van der Waals surface area contributed by atoms with Crippen LogP contribution in [0.2, 0.25) is 0 Å². The van der Waals surface area contributed by atoms with Crippen molar-refractivity contribution in [3.63, 3.8) is 0 Å². The highest BCUT2D eigenvalue weighted by Gasteiger charge is 2.24. The first kappa shape index (κ1) is 39.8. The highest BCUT2D eigenvalue weighted by Crippen LogP contribution is 2.19. The second kappa shape index (κ2) is 25.0. The molecule has 2 N–H and O–H groups in total. The van der Waals surface area contributed by atoms with E-state index in [1.54, 1.807) is 0 Å². The molecule has 0 atom stereocenters. The van der Waals surface area contributed by atoms with E-state index in [0.29, 0.717) is 37.4 Å². The summed E-state index contributed by atoms with van der Waals surface area (Å²) in [7, 11) is 0. The fourth-order valence-electron chi connectivity index (χ4n) is 5.45. The fourth-order valence-corrected chi connectivity index (χ4v) is 5.45. The van der Waals surface area contributed by atoms with Crippen molar-refractivity contribution in [3.8, 4) is 0 Å². The maximum Gasteiger partial charge on any atom is 0.305 e. The Balaban J connectivity index is 2.27. The number of anilines is 2. The first-order valence-electron chi connectivity index (χ1n) is 17.9. The van der Waals surface area contributed by atoms with Crippen LogP contribution in [-0.4, -0.2) is 55.5 Å². The van der Waals surface area contributed by atoms with Gasteiger partial charge >= 0.3 is 5.97 Å². The second-order valence-electron chi connectivity index (χ2n) is 13.5. The van der Waals surface area contributed by atoms with Crippen LogP contribution >= 0.6 is 0 Å². The van der Waals surface area contributed by atoms with E-state index in [4.69, 9.17) is 4.74 Å². The summed E-state index contributed by atoms with van der Waals surface area (Å²) >= 11 is 0. The zero-order chi connectivity index (χ0) is 32.5. The third-order valence-corrected chi connectivity index (χ3v) is 8.03. The van der Waals surface area contributed by atoms with Gasteiger partial charge in [0.1, 0.15) is 17.7 Å². The van der Waals surface area contributed by atoms with E-state index in [1.165, 1.54) is 44.9 Å². The van der Waals surface area contributed by atoms with Crippen molar-refractivity contribution in [1.29, 1.82) is 0 Å². The largest absolute Gasteiger partial charge is 0.466 e. The lowest BCUT2D eigenvalue weighted by atomic mass is 10.1. The van der Waals surface area contributed by atoms with Crippen molar-refractivity contribution in [2.45, 2.75) is 162 Å². The highest BCUT2D eigenvalue weighted by molar-refractivity contribution is 5.74.